The molecule has 0 fully saturated rings. The zero-order valence-corrected chi connectivity index (χ0v) is 15.1. The highest BCUT2D eigenvalue weighted by Gasteiger charge is 2.19. The minimum Gasteiger partial charge on any atom is -0.310 e. The molecule has 0 radical (unpaired) electrons. The second-order valence-electron chi connectivity index (χ2n) is 6.70. The van der Waals surface area contributed by atoms with E-state index in [1.807, 2.05) is 29.1 Å². The van der Waals surface area contributed by atoms with E-state index in [0.717, 1.165) is 40.1 Å². The highest BCUT2D eigenvalue weighted by atomic mass is 32.1. The molecule has 0 saturated heterocycles. The van der Waals surface area contributed by atoms with Gasteiger partial charge in [-0.3, -0.25) is 4.79 Å². The molecule has 1 aliphatic carbocycles. The Morgan fingerprint density at radius 1 is 1.15 bits per heavy atom. The van der Waals surface area contributed by atoms with Crippen molar-refractivity contribution in [3.8, 4) is 5.69 Å². The van der Waals surface area contributed by atoms with E-state index in [2.05, 4.69) is 22.2 Å². The fourth-order valence-electron chi connectivity index (χ4n) is 3.67. The monoisotopic (exact) mass is 362 g/mol. The molecule has 0 bridgehead atoms. The maximum absolute atomic E-state index is 12.6. The maximum Gasteiger partial charge on any atom is 0.259 e. The summed E-state index contributed by atoms with van der Waals surface area (Å²) in [5.74, 6) is 0.730. The molecule has 5 nitrogen and oxygen atoms in total. The standard InChI is InChI=1S/C20H18N4OS/c25-19-18-15-4-1-2-5-16(15)26-20(18)23-17(22-19)12-13-6-8-14(9-7-13)24-11-3-10-21-24/h3,6-11H,1-2,4-5,12H2,(H,22,23,25). The molecule has 0 saturated carbocycles. The second-order valence-corrected chi connectivity index (χ2v) is 7.78. The van der Waals surface area contributed by atoms with Gasteiger partial charge in [-0.2, -0.15) is 5.10 Å². The van der Waals surface area contributed by atoms with Gasteiger partial charge in [0, 0.05) is 23.7 Å². The summed E-state index contributed by atoms with van der Waals surface area (Å²) in [5.41, 5.74) is 3.38. The van der Waals surface area contributed by atoms with Crippen molar-refractivity contribution < 1.29 is 0 Å². The molecule has 3 aromatic heterocycles. The molecule has 26 heavy (non-hydrogen) atoms. The van der Waals surface area contributed by atoms with Crippen LogP contribution >= 0.6 is 11.3 Å². The molecule has 1 aliphatic rings. The highest BCUT2D eigenvalue weighted by Crippen LogP contribution is 2.33. The second kappa shape index (κ2) is 6.21. The minimum absolute atomic E-state index is 0.0116. The SMILES string of the molecule is O=c1[nH]c(Cc2ccc(-n3cccn3)cc2)nc2sc3c(c12)CCCC3. The largest absolute Gasteiger partial charge is 0.310 e. The lowest BCUT2D eigenvalue weighted by atomic mass is 9.97. The van der Waals surface area contributed by atoms with Crippen molar-refractivity contribution in [1.29, 1.82) is 0 Å². The molecule has 0 aliphatic heterocycles. The summed E-state index contributed by atoms with van der Waals surface area (Å²) in [4.78, 5) is 22.6. The number of aryl methyl sites for hydroxylation is 2. The van der Waals surface area contributed by atoms with Gasteiger partial charge in [-0.1, -0.05) is 12.1 Å². The van der Waals surface area contributed by atoms with E-state index in [-0.39, 0.29) is 5.56 Å². The lowest BCUT2D eigenvalue weighted by Gasteiger charge is -2.09. The molecule has 0 spiro atoms. The number of fused-ring (bicyclic) bond motifs is 3. The molecule has 130 valence electrons. The quantitative estimate of drug-likeness (QED) is 0.605. The summed E-state index contributed by atoms with van der Waals surface area (Å²) in [6.45, 7) is 0. The van der Waals surface area contributed by atoms with Crippen LogP contribution in [-0.4, -0.2) is 19.7 Å². The summed E-state index contributed by atoms with van der Waals surface area (Å²) in [5, 5.41) is 5.06. The molecule has 6 heteroatoms. The number of rotatable bonds is 3. The molecule has 1 N–H and O–H groups in total. The van der Waals surface area contributed by atoms with Crippen LogP contribution in [0, 0.1) is 0 Å². The molecule has 5 rings (SSSR count). The fourth-order valence-corrected chi connectivity index (χ4v) is 4.95. The number of nitrogens with one attached hydrogen (secondary N) is 1. The van der Waals surface area contributed by atoms with Crippen molar-refractivity contribution in [2.75, 3.05) is 0 Å². The molecule has 0 atom stereocenters. The fraction of sp³-hybridized carbons (Fsp3) is 0.250. The highest BCUT2D eigenvalue weighted by molar-refractivity contribution is 7.18. The molecule has 0 amide bonds. The van der Waals surface area contributed by atoms with Crippen LogP contribution in [0.2, 0.25) is 0 Å². The van der Waals surface area contributed by atoms with Gasteiger partial charge in [0.15, 0.2) is 0 Å². The van der Waals surface area contributed by atoms with Gasteiger partial charge in [-0.15, -0.1) is 11.3 Å². The van der Waals surface area contributed by atoms with E-state index in [1.54, 1.807) is 17.5 Å². The third-order valence-electron chi connectivity index (χ3n) is 4.95. The Hall–Kier alpha value is -2.73. The van der Waals surface area contributed by atoms with Gasteiger partial charge < -0.3 is 4.98 Å². The molecule has 3 heterocycles. The van der Waals surface area contributed by atoms with Crippen molar-refractivity contribution >= 4 is 21.6 Å². The summed E-state index contributed by atoms with van der Waals surface area (Å²) in [6, 6.07) is 10.1. The van der Waals surface area contributed by atoms with E-state index >= 15 is 0 Å². The van der Waals surface area contributed by atoms with Gasteiger partial charge in [0.05, 0.1) is 11.1 Å². The van der Waals surface area contributed by atoms with Crippen LogP contribution in [0.5, 0.6) is 0 Å². The van der Waals surface area contributed by atoms with Crippen molar-refractivity contribution in [2.24, 2.45) is 0 Å². The number of benzene rings is 1. The number of thiophene rings is 1. The van der Waals surface area contributed by atoms with Crippen LogP contribution in [0.3, 0.4) is 0 Å². The minimum atomic E-state index is 0.0116. The third-order valence-corrected chi connectivity index (χ3v) is 6.14. The Labute approximate surface area is 154 Å². The van der Waals surface area contributed by atoms with E-state index in [4.69, 9.17) is 4.98 Å². The van der Waals surface area contributed by atoms with Crippen LogP contribution < -0.4 is 5.56 Å². The average Bonchev–Trinajstić information content (AvgIpc) is 3.30. The van der Waals surface area contributed by atoms with Crippen molar-refractivity contribution in [3.63, 3.8) is 0 Å². The van der Waals surface area contributed by atoms with Crippen LogP contribution in [0.1, 0.15) is 34.7 Å². The van der Waals surface area contributed by atoms with Crippen LogP contribution in [-0.2, 0) is 19.3 Å². The number of nitrogens with zero attached hydrogens (tertiary/aromatic N) is 3. The zero-order valence-electron chi connectivity index (χ0n) is 14.2. The predicted molar refractivity (Wildman–Crippen MR) is 103 cm³/mol. The van der Waals surface area contributed by atoms with Gasteiger partial charge in [0.1, 0.15) is 10.7 Å². The average molecular weight is 362 g/mol. The topological polar surface area (TPSA) is 63.6 Å². The summed E-state index contributed by atoms with van der Waals surface area (Å²) < 4.78 is 1.83. The number of hydrogen-bond acceptors (Lipinski definition) is 4. The maximum atomic E-state index is 12.6. The van der Waals surface area contributed by atoms with Gasteiger partial charge >= 0.3 is 0 Å². The van der Waals surface area contributed by atoms with Gasteiger partial charge in [-0.05, 0) is 55.0 Å². The van der Waals surface area contributed by atoms with E-state index < -0.39 is 0 Å². The zero-order chi connectivity index (χ0) is 17.5. The summed E-state index contributed by atoms with van der Waals surface area (Å²) in [6.07, 6.45) is 8.77. The molecule has 4 aromatic rings. The number of aromatic nitrogens is 4. The number of hydrogen-bond donors (Lipinski definition) is 1. The Morgan fingerprint density at radius 3 is 2.81 bits per heavy atom. The van der Waals surface area contributed by atoms with E-state index in [9.17, 15) is 4.79 Å². The normalized spacial score (nSPS) is 13.8. The molecular weight excluding hydrogens is 344 g/mol. The van der Waals surface area contributed by atoms with Crippen LogP contribution in [0.4, 0.5) is 0 Å². The first-order chi connectivity index (χ1) is 12.8. The van der Waals surface area contributed by atoms with E-state index in [1.165, 1.54) is 23.3 Å². The summed E-state index contributed by atoms with van der Waals surface area (Å²) in [7, 11) is 0. The lowest BCUT2D eigenvalue weighted by molar-refractivity contribution is 0.700. The number of aromatic amines is 1. The van der Waals surface area contributed by atoms with Gasteiger partial charge in [0.2, 0.25) is 0 Å². The first-order valence-corrected chi connectivity index (χ1v) is 9.72. The smallest absolute Gasteiger partial charge is 0.259 e. The lowest BCUT2D eigenvalue weighted by Crippen LogP contribution is -2.13. The number of H-pyrrole nitrogens is 1. The van der Waals surface area contributed by atoms with Crippen molar-refractivity contribution in [1.82, 2.24) is 19.7 Å². The molecule has 0 unspecified atom stereocenters. The molecule has 1 aromatic carbocycles. The van der Waals surface area contributed by atoms with E-state index in [0.29, 0.717) is 6.42 Å². The first kappa shape index (κ1) is 15.5. The Morgan fingerprint density at radius 2 is 2.00 bits per heavy atom. The van der Waals surface area contributed by atoms with Gasteiger partial charge in [-0.25, -0.2) is 9.67 Å². The Kier molecular flexibility index (Phi) is 3.71. The van der Waals surface area contributed by atoms with Gasteiger partial charge in [0.25, 0.3) is 5.56 Å². The van der Waals surface area contributed by atoms with Crippen LogP contribution in [0.25, 0.3) is 15.9 Å². The van der Waals surface area contributed by atoms with Crippen LogP contribution in [0.15, 0.2) is 47.5 Å². The third kappa shape index (κ3) is 2.66. The Bertz CT molecular complexity index is 1120. The van der Waals surface area contributed by atoms with Crippen molar-refractivity contribution in [3.05, 3.63) is 74.9 Å². The first-order valence-electron chi connectivity index (χ1n) is 8.90. The Balaban J connectivity index is 1.47. The van der Waals surface area contributed by atoms with Crippen molar-refractivity contribution in [2.45, 2.75) is 32.1 Å². The summed E-state index contributed by atoms with van der Waals surface area (Å²) >= 11 is 1.70. The predicted octanol–water partition coefficient (Wildman–Crippen LogP) is 3.64. The molecular formula is C20H18N4OS.